The number of nitrogens with zero attached hydrogens (tertiary/aromatic N) is 6. The fraction of sp³-hybridized carbons (Fsp3) is 0.536. The lowest BCUT2D eigenvalue weighted by Gasteiger charge is -2.37. The van der Waals surface area contributed by atoms with Crippen molar-refractivity contribution in [2.45, 2.75) is 104 Å². The van der Waals surface area contributed by atoms with Gasteiger partial charge in [0.2, 0.25) is 11.8 Å². The number of likely N-dealkylation sites (tertiary alicyclic amines) is 1. The van der Waals surface area contributed by atoms with E-state index >= 15 is 0 Å². The van der Waals surface area contributed by atoms with Crippen LogP contribution in [-0.4, -0.2) is 150 Å². The van der Waals surface area contributed by atoms with Crippen LogP contribution < -0.4 is 10.7 Å². The molecule has 2 aromatic carbocycles. The minimum absolute atomic E-state index is 0.131. The van der Waals surface area contributed by atoms with Crippen molar-refractivity contribution in [3.8, 4) is 34.2 Å². The van der Waals surface area contributed by atoms with Crippen molar-refractivity contribution in [1.29, 1.82) is 0 Å². The second-order valence-electron chi connectivity index (χ2n) is 20.9. The summed E-state index contributed by atoms with van der Waals surface area (Å²) in [6.45, 7) is 17.1. The predicted molar refractivity (Wildman–Crippen MR) is 275 cm³/mol. The first-order valence-corrected chi connectivity index (χ1v) is 25.7. The van der Waals surface area contributed by atoms with Crippen molar-refractivity contribution < 1.29 is 38.2 Å². The number of carbonyl (C=O) groups excluding carboxylic acids is 5. The van der Waals surface area contributed by atoms with E-state index < -0.39 is 47.2 Å². The molecule has 0 aliphatic carbocycles. The molecular formula is C56H72N8O8. The fourth-order valence-corrected chi connectivity index (χ4v) is 10.8. The maximum Gasteiger partial charge on any atom is 0.324 e. The van der Waals surface area contributed by atoms with Gasteiger partial charge in [-0.05, 0) is 97.9 Å². The standard InChI is InChI=1S/C56H72N8O8/c1-9-63-47-20-19-40-32-43(47)44(51(63)42-16-11-22-57-49(42)37(4)70-8)33-56(5,6)35-72-55(69)45-17-12-24-64(59-45)54(68)46(31-38-14-10-15-39(40)30-38)58-52(66)50(36(2)3)60(7)53(67)41-21-25-62(34-41)48(65)18-13-23-61-26-28-71-29-27-61/h10-11,14-16,19-20,22,30,32,36-37,41,45-46,50,59H,9,12,17,21,23-29,31,33-35H2,1-8H3,(H,58,66)/t37-,41-,45-,46-,50-/m0/s1. The minimum Gasteiger partial charge on any atom is -0.464 e. The van der Waals surface area contributed by atoms with Crippen LogP contribution in [0, 0.1) is 29.1 Å². The highest BCUT2D eigenvalue weighted by Gasteiger charge is 2.40. The van der Waals surface area contributed by atoms with Gasteiger partial charge in [0.1, 0.15) is 18.1 Å². The number of fused-ring (bicyclic) bond motifs is 6. The number of aromatic nitrogens is 2. The zero-order valence-corrected chi connectivity index (χ0v) is 43.3. The van der Waals surface area contributed by atoms with Crippen LogP contribution in [0.4, 0.5) is 0 Å². The van der Waals surface area contributed by atoms with Crippen molar-refractivity contribution in [2.24, 2.45) is 17.3 Å². The van der Waals surface area contributed by atoms with E-state index in [4.69, 9.17) is 19.2 Å². The molecule has 3 fully saturated rings. The van der Waals surface area contributed by atoms with Gasteiger partial charge in [-0.25, -0.2) is 5.43 Å². The van der Waals surface area contributed by atoms with Gasteiger partial charge in [-0.1, -0.05) is 63.9 Å². The second-order valence-corrected chi connectivity index (χ2v) is 20.9. The Morgan fingerprint density at radius 2 is 1.78 bits per heavy atom. The van der Waals surface area contributed by atoms with Gasteiger partial charge >= 0.3 is 5.97 Å². The number of methoxy groups -OCH3 is 1. The van der Waals surface area contributed by atoms with E-state index in [1.54, 1.807) is 25.3 Å². The average Bonchev–Trinajstić information content (AvgIpc) is 4.00. The number of morpholine rings is 1. The summed E-state index contributed by atoms with van der Waals surface area (Å²) >= 11 is 0. The summed E-state index contributed by atoms with van der Waals surface area (Å²) in [7, 11) is 3.31. The van der Waals surface area contributed by atoms with Crippen LogP contribution in [-0.2, 0) is 57.6 Å². The van der Waals surface area contributed by atoms with E-state index in [0.717, 1.165) is 63.2 Å². The molecule has 0 radical (unpaired) electrons. The van der Waals surface area contributed by atoms with Crippen molar-refractivity contribution in [3.63, 3.8) is 0 Å². The van der Waals surface area contributed by atoms with Gasteiger partial charge in [-0.2, -0.15) is 0 Å². The maximum absolute atomic E-state index is 14.8. The first kappa shape index (κ1) is 52.2. The minimum atomic E-state index is -1.06. The first-order valence-electron chi connectivity index (χ1n) is 25.7. The average molecular weight is 985 g/mol. The molecule has 4 aromatic rings. The van der Waals surface area contributed by atoms with E-state index in [9.17, 15) is 24.0 Å². The Hall–Kier alpha value is -6.12. The van der Waals surface area contributed by atoms with Crippen LogP contribution >= 0.6 is 0 Å². The number of benzene rings is 2. The summed E-state index contributed by atoms with van der Waals surface area (Å²) in [6, 6.07) is 15.8. The molecule has 3 saturated heterocycles. The van der Waals surface area contributed by atoms with Crippen LogP contribution in [0.15, 0.2) is 60.8 Å². The molecular weight excluding hydrogens is 913 g/mol. The SMILES string of the molecule is CCn1c(-c2cccnc2[C@H](C)OC)c2c3cc(ccc31)-c1cccc(c1)C[C@H](NC(=O)[C@H](C(C)C)N(C)C(=O)[C@H]1CCN(C(=O)C#CCN3CCOCC3)C1)C(=O)N1CCC[C@H](N1)C(=O)OCC(C)(C)C2. The number of hydrazine groups is 1. The number of hydrogen-bond donors (Lipinski definition) is 2. The number of likely N-dealkylation sites (N-methyl/N-ethyl adjacent to an activating group) is 1. The van der Waals surface area contributed by atoms with Gasteiger partial charge in [0.05, 0.1) is 49.8 Å². The lowest BCUT2D eigenvalue weighted by Crippen LogP contribution is -2.62. The summed E-state index contributed by atoms with van der Waals surface area (Å²) in [4.78, 5) is 80.8. The highest BCUT2D eigenvalue weighted by atomic mass is 16.5. The number of esters is 1. The van der Waals surface area contributed by atoms with Crippen molar-refractivity contribution >= 4 is 40.5 Å². The largest absolute Gasteiger partial charge is 0.464 e. The number of carbonyl (C=O) groups is 5. The summed E-state index contributed by atoms with van der Waals surface area (Å²) in [6.07, 6.45) is 3.72. The molecule has 72 heavy (non-hydrogen) atoms. The van der Waals surface area contributed by atoms with E-state index in [0.29, 0.717) is 65.1 Å². The summed E-state index contributed by atoms with van der Waals surface area (Å²) in [5, 5.41) is 5.60. The molecule has 16 heteroatoms. The zero-order chi connectivity index (χ0) is 51.3. The van der Waals surface area contributed by atoms with E-state index in [-0.39, 0.29) is 43.4 Å². The molecule has 0 unspecified atom stereocenters. The Balaban J connectivity index is 1.10. The first-order chi connectivity index (χ1) is 34.6. The number of cyclic esters (lactones) is 1. The molecule has 5 atom stereocenters. The predicted octanol–water partition coefficient (Wildman–Crippen LogP) is 5.41. The quantitative estimate of drug-likeness (QED) is 0.154. The fourth-order valence-electron chi connectivity index (χ4n) is 10.8. The third-order valence-corrected chi connectivity index (χ3v) is 14.7. The van der Waals surface area contributed by atoms with Gasteiger partial charge in [0, 0.05) is 87.9 Å². The number of aryl methyl sites for hydroxylation is 1. The summed E-state index contributed by atoms with van der Waals surface area (Å²) < 4.78 is 19.7. The van der Waals surface area contributed by atoms with E-state index in [1.165, 1.54) is 9.91 Å². The molecule has 2 N–H and O–H groups in total. The molecule has 4 aliphatic rings. The number of hydrogen-bond acceptors (Lipinski definition) is 11. The Labute approximate surface area is 424 Å². The van der Waals surface area contributed by atoms with Crippen LogP contribution in [0.25, 0.3) is 33.3 Å². The van der Waals surface area contributed by atoms with Crippen LogP contribution in [0.5, 0.6) is 0 Å². The molecule has 4 amide bonds. The topological polar surface area (TPSA) is 168 Å². The van der Waals surface area contributed by atoms with Gasteiger partial charge in [0.15, 0.2) is 0 Å². The van der Waals surface area contributed by atoms with Crippen LogP contribution in [0.2, 0.25) is 0 Å². The van der Waals surface area contributed by atoms with Crippen LogP contribution in [0.3, 0.4) is 0 Å². The van der Waals surface area contributed by atoms with Gasteiger partial charge in [-0.15, -0.1) is 0 Å². The third kappa shape index (κ3) is 11.5. The molecule has 0 saturated carbocycles. The van der Waals surface area contributed by atoms with Crippen LogP contribution in [0.1, 0.15) is 83.7 Å². The van der Waals surface area contributed by atoms with E-state index in [1.807, 2.05) is 39.0 Å². The Morgan fingerprint density at radius 3 is 2.53 bits per heavy atom. The summed E-state index contributed by atoms with van der Waals surface area (Å²) in [5.41, 5.74) is 10.5. The lowest BCUT2D eigenvalue weighted by atomic mass is 9.84. The molecule has 8 rings (SSSR count). The lowest BCUT2D eigenvalue weighted by molar-refractivity contribution is -0.155. The Morgan fingerprint density at radius 1 is 1.00 bits per heavy atom. The van der Waals surface area contributed by atoms with Gasteiger partial charge in [0.25, 0.3) is 11.8 Å². The van der Waals surface area contributed by atoms with Crippen molar-refractivity contribution in [1.82, 2.24) is 40.0 Å². The molecule has 2 aromatic heterocycles. The number of ether oxygens (including phenoxy) is 3. The molecule has 6 bridgehead atoms. The van der Waals surface area contributed by atoms with Gasteiger partial charge in [-0.3, -0.25) is 38.9 Å². The van der Waals surface area contributed by atoms with Gasteiger partial charge < -0.3 is 33.9 Å². The molecule has 4 aliphatic heterocycles. The highest BCUT2D eigenvalue weighted by molar-refractivity contribution is 5.97. The Bertz CT molecular complexity index is 2720. The second kappa shape index (κ2) is 22.7. The number of amides is 4. The van der Waals surface area contributed by atoms with E-state index in [2.05, 4.69) is 89.2 Å². The Kier molecular flexibility index (Phi) is 16.5. The highest BCUT2D eigenvalue weighted by Crippen LogP contribution is 2.42. The molecule has 16 nitrogen and oxygen atoms in total. The third-order valence-electron chi connectivity index (χ3n) is 14.7. The molecule has 0 spiro atoms. The monoisotopic (exact) mass is 985 g/mol. The maximum atomic E-state index is 14.8. The smallest absolute Gasteiger partial charge is 0.324 e. The number of pyridine rings is 1. The molecule has 6 heterocycles. The number of nitrogens with one attached hydrogen (secondary N) is 2. The van der Waals surface area contributed by atoms with Crippen molar-refractivity contribution in [2.75, 3.05) is 73.2 Å². The van der Waals surface area contributed by atoms with Crippen molar-refractivity contribution in [3.05, 3.63) is 77.6 Å². The normalized spacial score (nSPS) is 21.6. The summed E-state index contributed by atoms with van der Waals surface area (Å²) in [5.74, 6) is 3.00. The number of rotatable bonds is 10. The zero-order valence-electron chi connectivity index (χ0n) is 43.3. The molecule has 384 valence electrons.